The molecule has 0 aliphatic rings. The van der Waals surface area contributed by atoms with Gasteiger partial charge in [0, 0.05) is 37.5 Å². The number of carbonyl (C=O) groups is 1. The number of rotatable bonds is 5. The number of carbonyl (C=O) groups excluding carboxylic acids is 1. The van der Waals surface area contributed by atoms with Gasteiger partial charge in [-0.2, -0.15) is 0 Å². The molecule has 1 heterocycles. The van der Waals surface area contributed by atoms with Crippen molar-refractivity contribution in [2.75, 3.05) is 13.1 Å². The molecule has 0 spiro atoms. The van der Waals surface area contributed by atoms with E-state index in [0.717, 1.165) is 11.4 Å². The molecule has 1 rings (SSSR count). The van der Waals surface area contributed by atoms with Crippen LogP contribution in [0.2, 0.25) is 0 Å². The maximum Gasteiger partial charge on any atom is 0.221 e. The molecule has 0 aliphatic carbocycles. The second-order valence-corrected chi connectivity index (χ2v) is 3.54. The van der Waals surface area contributed by atoms with Crippen molar-refractivity contribution in [2.45, 2.75) is 12.8 Å². The summed E-state index contributed by atoms with van der Waals surface area (Å²) in [6.45, 7) is 1.05. The number of hydrogen-bond acceptors (Lipinski definition) is 4. The monoisotopic (exact) mass is 199 g/mol. The summed E-state index contributed by atoms with van der Waals surface area (Å²) in [6, 6.07) is 0. The van der Waals surface area contributed by atoms with E-state index in [1.165, 1.54) is 0 Å². The second-order valence-electron chi connectivity index (χ2n) is 2.56. The zero-order valence-corrected chi connectivity index (χ0v) is 8.14. The highest BCUT2D eigenvalue weighted by molar-refractivity contribution is 7.09. The third-order valence-corrected chi connectivity index (χ3v) is 2.36. The van der Waals surface area contributed by atoms with Gasteiger partial charge in [0.15, 0.2) is 0 Å². The van der Waals surface area contributed by atoms with Crippen molar-refractivity contribution in [3.05, 3.63) is 16.6 Å². The standard InChI is InChI=1S/C8H13N3OS/c9-3-1-7(12)10-4-2-8-11-5-6-13-8/h5-6H,1-4,9H2,(H,10,12). The van der Waals surface area contributed by atoms with Gasteiger partial charge < -0.3 is 11.1 Å². The van der Waals surface area contributed by atoms with Crippen molar-refractivity contribution < 1.29 is 4.79 Å². The van der Waals surface area contributed by atoms with Gasteiger partial charge in [-0.25, -0.2) is 4.98 Å². The SMILES string of the molecule is NCCC(=O)NCCc1nccs1. The van der Waals surface area contributed by atoms with Crippen LogP contribution in [-0.2, 0) is 11.2 Å². The Balaban J connectivity index is 2.11. The van der Waals surface area contributed by atoms with Gasteiger partial charge >= 0.3 is 0 Å². The summed E-state index contributed by atoms with van der Waals surface area (Å²) in [7, 11) is 0. The molecule has 0 fully saturated rings. The average Bonchev–Trinajstić information content (AvgIpc) is 2.57. The Hall–Kier alpha value is -0.940. The van der Waals surface area contributed by atoms with Crippen molar-refractivity contribution in [1.82, 2.24) is 10.3 Å². The van der Waals surface area contributed by atoms with Crippen LogP contribution in [0.1, 0.15) is 11.4 Å². The third-order valence-electron chi connectivity index (χ3n) is 1.52. The van der Waals surface area contributed by atoms with Crippen molar-refractivity contribution in [3.63, 3.8) is 0 Å². The van der Waals surface area contributed by atoms with Gasteiger partial charge in [-0.1, -0.05) is 0 Å². The molecule has 3 N–H and O–H groups in total. The molecule has 72 valence electrons. The Morgan fingerprint density at radius 3 is 3.15 bits per heavy atom. The van der Waals surface area contributed by atoms with E-state index in [0.29, 0.717) is 19.5 Å². The van der Waals surface area contributed by atoms with Crippen LogP contribution < -0.4 is 11.1 Å². The number of nitrogens with zero attached hydrogens (tertiary/aromatic N) is 1. The van der Waals surface area contributed by atoms with Gasteiger partial charge in [0.1, 0.15) is 0 Å². The first kappa shape index (κ1) is 10.1. The molecule has 0 bridgehead atoms. The summed E-state index contributed by atoms with van der Waals surface area (Å²) in [5, 5.41) is 5.75. The first-order valence-electron chi connectivity index (χ1n) is 4.18. The van der Waals surface area contributed by atoms with Crippen molar-refractivity contribution in [1.29, 1.82) is 0 Å². The predicted molar refractivity (Wildman–Crippen MR) is 52.5 cm³/mol. The molecule has 0 unspecified atom stereocenters. The summed E-state index contributed by atoms with van der Waals surface area (Å²) >= 11 is 1.60. The van der Waals surface area contributed by atoms with Crippen LogP contribution in [0, 0.1) is 0 Å². The van der Waals surface area contributed by atoms with E-state index in [2.05, 4.69) is 10.3 Å². The molecular formula is C8H13N3OS. The highest BCUT2D eigenvalue weighted by Gasteiger charge is 1.99. The predicted octanol–water partition coefficient (Wildman–Crippen LogP) is 0.151. The summed E-state index contributed by atoms with van der Waals surface area (Å²) in [5.74, 6) is 0.0130. The molecule has 13 heavy (non-hydrogen) atoms. The fourth-order valence-electron chi connectivity index (χ4n) is 0.905. The molecule has 0 aliphatic heterocycles. The molecule has 4 nitrogen and oxygen atoms in total. The maximum atomic E-state index is 11.0. The minimum Gasteiger partial charge on any atom is -0.356 e. The van der Waals surface area contributed by atoms with Gasteiger partial charge in [0.25, 0.3) is 0 Å². The van der Waals surface area contributed by atoms with Gasteiger partial charge in [0.2, 0.25) is 5.91 Å². The molecule has 1 aromatic heterocycles. The first-order valence-corrected chi connectivity index (χ1v) is 5.06. The van der Waals surface area contributed by atoms with Crippen molar-refractivity contribution in [2.24, 2.45) is 5.73 Å². The number of thiazole rings is 1. The fourth-order valence-corrected chi connectivity index (χ4v) is 1.53. The lowest BCUT2D eigenvalue weighted by Crippen LogP contribution is -2.27. The topological polar surface area (TPSA) is 68.0 Å². The Bertz CT molecular complexity index is 248. The van der Waals surface area contributed by atoms with E-state index in [-0.39, 0.29) is 5.91 Å². The molecule has 1 aromatic rings. The van der Waals surface area contributed by atoms with Crippen LogP contribution in [-0.4, -0.2) is 24.0 Å². The van der Waals surface area contributed by atoms with Crippen LogP contribution in [0.4, 0.5) is 0 Å². The van der Waals surface area contributed by atoms with Crippen LogP contribution in [0.3, 0.4) is 0 Å². The minimum atomic E-state index is 0.0130. The van der Waals surface area contributed by atoms with Crippen molar-refractivity contribution in [3.8, 4) is 0 Å². The minimum absolute atomic E-state index is 0.0130. The average molecular weight is 199 g/mol. The van der Waals surface area contributed by atoms with Gasteiger partial charge in [-0.3, -0.25) is 4.79 Å². The maximum absolute atomic E-state index is 11.0. The first-order chi connectivity index (χ1) is 6.33. The quantitative estimate of drug-likeness (QED) is 0.709. The Labute approximate surface area is 81.2 Å². The van der Waals surface area contributed by atoms with E-state index in [1.807, 2.05) is 5.38 Å². The van der Waals surface area contributed by atoms with E-state index in [4.69, 9.17) is 5.73 Å². The lowest BCUT2D eigenvalue weighted by atomic mass is 10.4. The summed E-state index contributed by atoms with van der Waals surface area (Å²) < 4.78 is 0. The normalized spacial score (nSPS) is 9.92. The fraction of sp³-hybridized carbons (Fsp3) is 0.500. The smallest absolute Gasteiger partial charge is 0.221 e. The van der Waals surface area contributed by atoms with Gasteiger partial charge in [-0.05, 0) is 0 Å². The van der Waals surface area contributed by atoms with E-state index in [1.54, 1.807) is 17.5 Å². The number of nitrogens with two attached hydrogens (primary N) is 1. The highest BCUT2D eigenvalue weighted by atomic mass is 32.1. The molecule has 0 saturated carbocycles. The van der Waals surface area contributed by atoms with Gasteiger partial charge in [0.05, 0.1) is 5.01 Å². The lowest BCUT2D eigenvalue weighted by molar-refractivity contribution is -0.120. The highest BCUT2D eigenvalue weighted by Crippen LogP contribution is 2.03. The Kier molecular flexibility index (Phi) is 4.42. The zero-order valence-electron chi connectivity index (χ0n) is 7.32. The number of aromatic nitrogens is 1. The summed E-state index contributed by atoms with van der Waals surface area (Å²) in [4.78, 5) is 15.1. The Morgan fingerprint density at radius 2 is 2.54 bits per heavy atom. The number of amides is 1. The van der Waals surface area contributed by atoms with Crippen LogP contribution >= 0.6 is 11.3 Å². The third kappa shape index (κ3) is 4.00. The van der Waals surface area contributed by atoms with Crippen LogP contribution in [0.25, 0.3) is 0 Å². The molecule has 1 amide bonds. The molecule has 0 atom stereocenters. The summed E-state index contributed by atoms with van der Waals surface area (Å²) in [5.41, 5.74) is 5.22. The van der Waals surface area contributed by atoms with Gasteiger partial charge in [-0.15, -0.1) is 11.3 Å². The van der Waals surface area contributed by atoms with Crippen LogP contribution in [0.5, 0.6) is 0 Å². The molecule has 5 heteroatoms. The largest absolute Gasteiger partial charge is 0.356 e. The molecular weight excluding hydrogens is 186 g/mol. The second kappa shape index (κ2) is 5.66. The van der Waals surface area contributed by atoms with Crippen LogP contribution in [0.15, 0.2) is 11.6 Å². The number of nitrogens with one attached hydrogen (secondary N) is 1. The Morgan fingerprint density at radius 1 is 1.69 bits per heavy atom. The van der Waals surface area contributed by atoms with Crippen molar-refractivity contribution >= 4 is 17.2 Å². The number of hydrogen-bond donors (Lipinski definition) is 2. The molecule has 0 radical (unpaired) electrons. The molecule has 0 saturated heterocycles. The van der Waals surface area contributed by atoms with E-state index < -0.39 is 0 Å². The summed E-state index contributed by atoms with van der Waals surface area (Å²) in [6.07, 6.45) is 2.97. The zero-order chi connectivity index (χ0) is 9.52. The van der Waals surface area contributed by atoms with E-state index in [9.17, 15) is 4.79 Å². The lowest BCUT2D eigenvalue weighted by Gasteiger charge is -2.01. The van der Waals surface area contributed by atoms with E-state index >= 15 is 0 Å². The molecule has 0 aromatic carbocycles.